The molecule has 0 saturated heterocycles. The molecule has 0 spiro atoms. The molecule has 0 aliphatic rings. The lowest BCUT2D eigenvalue weighted by molar-refractivity contribution is -0.145. The van der Waals surface area contributed by atoms with Crippen LogP contribution in [0.2, 0.25) is 0 Å². The van der Waals surface area contributed by atoms with Crippen molar-refractivity contribution in [2.45, 2.75) is 19.5 Å². The Morgan fingerprint density at radius 1 is 1.40 bits per heavy atom. The molecule has 6 heteroatoms. The van der Waals surface area contributed by atoms with Crippen LogP contribution < -0.4 is 5.32 Å². The zero-order chi connectivity index (χ0) is 14.7. The summed E-state index contributed by atoms with van der Waals surface area (Å²) in [4.78, 5) is 22.8. The standard InChI is InChI=1S/C14H15FN2O3/c1-9(18)16-12(14(19)20-2)8-17-7-6-10-11(15)4-3-5-13(10)17/h3-7,12H,8H2,1-2H3,(H,16,18). The Morgan fingerprint density at radius 2 is 2.15 bits per heavy atom. The molecule has 0 radical (unpaired) electrons. The van der Waals surface area contributed by atoms with Gasteiger partial charge in [-0.1, -0.05) is 6.07 Å². The summed E-state index contributed by atoms with van der Waals surface area (Å²) < 4.78 is 20.0. The number of nitrogens with zero attached hydrogens (tertiary/aromatic N) is 1. The number of aromatic nitrogens is 1. The number of hydrogen-bond acceptors (Lipinski definition) is 3. The van der Waals surface area contributed by atoms with Crippen LogP contribution in [0.3, 0.4) is 0 Å². The van der Waals surface area contributed by atoms with Gasteiger partial charge in [-0.15, -0.1) is 0 Å². The minimum absolute atomic E-state index is 0.180. The number of carbonyl (C=O) groups excluding carboxylic acids is 2. The van der Waals surface area contributed by atoms with E-state index in [0.717, 1.165) is 0 Å². The number of carbonyl (C=O) groups is 2. The summed E-state index contributed by atoms with van der Waals surface area (Å²) in [6, 6.07) is 5.54. The first kappa shape index (κ1) is 14.0. The Kier molecular flexibility index (Phi) is 4.02. The van der Waals surface area contributed by atoms with Crippen molar-refractivity contribution in [2.24, 2.45) is 0 Å². The highest BCUT2D eigenvalue weighted by Crippen LogP contribution is 2.19. The van der Waals surface area contributed by atoms with Crippen LogP contribution in [-0.4, -0.2) is 29.6 Å². The highest BCUT2D eigenvalue weighted by Gasteiger charge is 2.21. The second-order valence-corrected chi connectivity index (χ2v) is 4.42. The van der Waals surface area contributed by atoms with E-state index in [9.17, 15) is 14.0 Å². The monoisotopic (exact) mass is 278 g/mol. The van der Waals surface area contributed by atoms with Gasteiger partial charge in [-0.2, -0.15) is 0 Å². The lowest BCUT2D eigenvalue weighted by Gasteiger charge is -2.16. The van der Waals surface area contributed by atoms with Crippen LogP contribution in [-0.2, 0) is 20.9 Å². The van der Waals surface area contributed by atoms with E-state index in [4.69, 9.17) is 0 Å². The smallest absolute Gasteiger partial charge is 0.330 e. The Labute approximate surface area is 115 Å². The molecule has 0 saturated carbocycles. The molecule has 1 amide bonds. The van der Waals surface area contributed by atoms with Gasteiger partial charge in [0.15, 0.2) is 0 Å². The van der Waals surface area contributed by atoms with Gasteiger partial charge in [-0.25, -0.2) is 9.18 Å². The second-order valence-electron chi connectivity index (χ2n) is 4.42. The Morgan fingerprint density at radius 3 is 2.80 bits per heavy atom. The Hall–Kier alpha value is -2.37. The van der Waals surface area contributed by atoms with Crippen molar-refractivity contribution in [1.29, 1.82) is 0 Å². The van der Waals surface area contributed by atoms with Gasteiger partial charge in [-0.05, 0) is 18.2 Å². The maximum absolute atomic E-state index is 13.6. The maximum Gasteiger partial charge on any atom is 0.330 e. The van der Waals surface area contributed by atoms with Gasteiger partial charge in [0, 0.05) is 18.5 Å². The van der Waals surface area contributed by atoms with Crippen molar-refractivity contribution in [2.75, 3.05) is 7.11 Å². The number of ether oxygens (including phenoxy) is 1. The molecule has 0 fully saturated rings. The molecular formula is C14H15FN2O3. The molecule has 1 N–H and O–H groups in total. The van der Waals surface area contributed by atoms with E-state index >= 15 is 0 Å². The second kappa shape index (κ2) is 5.73. The maximum atomic E-state index is 13.6. The molecule has 0 aliphatic heterocycles. The molecule has 2 rings (SSSR count). The van der Waals surface area contributed by atoms with E-state index in [2.05, 4.69) is 10.1 Å². The Balaban J connectivity index is 2.31. The molecule has 0 aliphatic carbocycles. The van der Waals surface area contributed by atoms with Crippen molar-refractivity contribution < 1.29 is 18.7 Å². The van der Waals surface area contributed by atoms with Crippen molar-refractivity contribution in [3.8, 4) is 0 Å². The molecule has 1 unspecified atom stereocenters. The average Bonchev–Trinajstić information content (AvgIpc) is 2.81. The molecule has 20 heavy (non-hydrogen) atoms. The summed E-state index contributed by atoms with van der Waals surface area (Å²) >= 11 is 0. The van der Waals surface area contributed by atoms with Crippen LogP contribution in [0.1, 0.15) is 6.92 Å². The predicted molar refractivity (Wildman–Crippen MR) is 71.5 cm³/mol. The third kappa shape index (κ3) is 2.79. The number of methoxy groups -OCH3 is 1. The van der Waals surface area contributed by atoms with Crippen molar-refractivity contribution in [3.63, 3.8) is 0 Å². The number of esters is 1. The first-order valence-electron chi connectivity index (χ1n) is 6.11. The van der Waals surface area contributed by atoms with Crippen LogP contribution in [0.4, 0.5) is 4.39 Å². The number of amides is 1. The number of rotatable bonds is 4. The quantitative estimate of drug-likeness (QED) is 0.861. The number of nitrogens with one attached hydrogen (secondary N) is 1. The molecule has 106 valence electrons. The van der Waals surface area contributed by atoms with Gasteiger partial charge in [0.25, 0.3) is 0 Å². The summed E-state index contributed by atoms with van der Waals surface area (Å²) in [6.07, 6.45) is 1.67. The van der Waals surface area contributed by atoms with Crippen LogP contribution in [0.25, 0.3) is 10.9 Å². The molecule has 1 heterocycles. The van der Waals surface area contributed by atoms with Crippen molar-refractivity contribution in [1.82, 2.24) is 9.88 Å². The molecule has 1 atom stereocenters. The first-order valence-corrected chi connectivity index (χ1v) is 6.11. The summed E-state index contributed by atoms with van der Waals surface area (Å²) in [5, 5.41) is 2.99. The van der Waals surface area contributed by atoms with Crippen molar-refractivity contribution >= 4 is 22.8 Å². The van der Waals surface area contributed by atoms with E-state index in [0.29, 0.717) is 10.9 Å². The number of halogens is 1. The lowest BCUT2D eigenvalue weighted by atomic mass is 10.2. The number of fused-ring (bicyclic) bond motifs is 1. The molecule has 1 aromatic carbocycles. The normalized spacial score (nSPS) is 12.2. The zero-order valence-electron chi connectivity index (χ0n) is 11.2. The largest absolute Gasteiger partial charge is 0.467 e. The van der Waals surface area contributed by atoms with Gasteiger partial charge in [-0.3, -0.25) is 4.79 Å². The molecule has 5 nitrogen and oxygen atoms in total. The minimum Gasteiger partial charge on any atom is -0.467 e. The zero-order valence-corrected chi connectivity index (χ0v) is 11.2. The highest BCUT2D eigenvalue weighted by atomic mass is 19.1. The van der Waals surface area contributed by atoms with E-state index < -0.39 is 12.0 Å². The molecule has 0 bridgehead atoms. The fourth-order valence-corrected chi connectivity index (χ4v) is 2.11. The topological polar surface area (TPSA) is 60.3 Å². The third-order valence-corrected chi connectivity index (χ3v) is 3.00. The summed E-state index contributed by atoms with van der Waals surface area (Å²) in [6.45, 7) is 1.50. The highest BCUT2D eigenvalue weighted by molar-refractivity contribution is 5.84. The van der Waals surface area contributed by atoms with Crippen LogP contribution >= 0.6 is 0 Å². The SMILES string of the molecule is COC(=O)C(Cn1ccc2c(F)cccc21)NC(C)=O. The molecular weight excluding hydrogens is 263 g/mol. The number of hydrogen-bond donors (Lipinski definition) is 1. The summed E-state index contributed by atoms with van der Waals surface area (Å²) in [5.41, 5.74) is 0.657. The average molecular weight is 278 g/mol. The van der Waals surface area contributed by atoms with Gasteiger partial charge in [0.2, 0.25) is 5.91 Å². The van der Waals surface area contributed by atoms with E-state index in [1.165, 1.54) is 20.1 Å². The van der Waals surface area contributed by atoms with Crippen LogP contribution in [0.15, 0.2) is 30.5 Å². The summed E-state index contributed by atoms with van der Waals surface area (Å²) in [7, 11) is 1.25. The van der Waals surface area contributed by atoms with Gasteiger partial charge in [0.05, 0.1) is 19.2 Å². The van der Waals surface area contributed by atoms with E-state index in [1.807, 2.05) is 0 Å². The fourth-order valence-electron chi connectivity index (χ4n) is 2.11. The minimum atomic E-state index is -0.809. The lowest BCUT2D eigenvalue weighted by Crippen LogP contribution is -2.43. The van der Waals surface area contributed by atoms with Gasteiger partial charge >= 0.3 is 5.97 Å². The fraction of sp³-hybridized carbons (Fsp3) is 0.286. The predicted octanol–water partition coefficient (Wildman–Crippen LogP) is 1.46. The van der Waals surface area contributed by atoms with Crippen LogP contribution in [0.5, 0.6) is 0 Å². The third-order valence-electron chi connectivity index (χ3n) is 3.00. The van der Waals surface area contributed by atoms with E-state index in [1.54, 1.807) is 29.0 Å². The van der Waals surface area contributed by atoms with Crippen molar-refractivity contribution in [3.05, 3.63) is 36.3 Å². The summed E-state index contributed by atoms with van der Waals surface area (Å²) in [5.74, 6) is -1.20. The first-order chi connectivity index (χ1) is 9.52. The van der Waals surface area contributed by atoms with Crippen LogP contribution in [0, 0.1) is 5.82 Å². The Bertz CT molecular complexity index is 651. The molecule has 2 aromatic rings. The van der Waals surface area contributed by atoms with Gasteiger partial charge < -0.3 is 14.6 Å². The molecule has 1 aromatic heterocycles. The number of benzene rings is 1. The van der Waals surface area contributed by atoms with E-state index in [-0.39, 0.29) is 18.3 Å². The van der Waals surface area contributed by atoms with Gasteiger partial charge in [0.1, 0.15) is 11.9 Å².